The van der Waals surface area contributed by atoms with Crippen LogP contribution in [-0.2, 0) is 17.4 Å². The van der Waals surface area contributed by atoms with E-state index in [4.69, 9.17) is 4.74 Å². The van der Waals surface area contributed by atoms with Gasteiger partial charge >= 0.3 is 6.09 Å². The van der Waals surface area contributed by atoms with Crippen molar-refractivity contribution in [2.24, 2.45) is 13.0 Å². The van der Waals surface area contributed by atoms with Crippen LogP contribution >= 0.6 is 11.8 Å². The molecule has 0 unspecified atom stereocenters. The molecule has 5 nitrogen and oxygen atoms in total. The molecule has 1 aliphatic rings. The van der Waals surface area contributed by atoms with Gasteiger partial charge < -0.3 is 14.4 Å². The third-order valence-electron chi connectivity index (χ3n) is 6.28. The average Bonchev–Trinajstić information content (AvgIpc) is 3.37. The second kappa shape index (κ2) is 9.04. The quantitative estimate of drug-likeness (QED) is 0.540. The second-order valence-electron chi connectivity index (χ2n) is 8.55. The lowest BCUT2D eigenvalue weighted by Crippen LogP contribution is -2.52. The van der Waals surface area contributed by atoms with Crippen molar-refractivity contribution in [3.63, 3.8) is 0 Å². The Labute approximate surface area is 194 Å². The monoisotopic (exact) mass is 450 g/mol. The summed E-state index contributed by atoms with van der Waals surface area (Å²) < 4.78 is 8.23. The van der Waals surface area contributed by atoms with Gasteiger partial charge in [0, 0.05) is 30.1 Å². The van der Waals surface area contributed by atoms with E-state index in [9.17, 15) is 9.90 Å². The van der Waals surface area contributed by atoms with Crippen molar-refractivity contribution < 1.29 is 14.6 Å². The number of rotatable bonds is 7. The van der Waals surface area contributed by atoms with Crippen LogP contribution in [0.3, 0.4) is 0 Å². The first-order chi connectivity index (χ1) is 15.4. The maximum Gasteiger partial charge on any atom is 0.412 e. The topological polar surface area (TPSA) is 54.7 Å². The van der Waals surface area contributed by atoms with E-state index >= 15 is 0 Å². The number of ether oxygens (including phenoxy) is 1. The normalized spacial score (nSPS) is 19.8. The molecule has 1 saturated heterocycles. The molecule has 0 spiro atoms. The molecular weight excluding hydrogens is 420 g/mol. The van der Waals surface area contributed by atoms with Gasteiger partial charge in [-0.3, -0.25) is 4.90 Å². The van der Waals surface area contributed by atoms with Crippen LogP contribution in [0.2, 0.25) is 0 Å². The summed E-state index contributed by atoms with van der Waals surface area (Å²) in [5.74, 6) is 0.0668. The SMILES string of the molecule is CS[C@@H]([C@H](O)c1cccn1C)N1C(=O)OC(c2ccccc2)(c2ccccc2)[C@@H]1C(C)C. The minimum Gasteiger partial charge on any atom is -0.431 e. The standard InChI is InChI=1S/C26H30N2O3S/c1-18(2)23-26(19-12-7-5-8-13-19,20-14-9-6-10-15-20)31-25(30)28(23)24(32-4)22(29)21-16-11-17-27(21)3/h5-18,22-24,29H,1-4H3/t22-,23+,24+/m1/s1. The molecule has 168 valence electrons. The number of amides is 1. The number of thioether (sulfide) groups is 1. The fourth-order valence-electron chi connectivity index (χ4n) is 4.93. The Balaban J connectivity index is 1.88. The van der Waals surface area contributed by atoms with Gasteiger partial charge in [0.25, 0.3) is 0 Å². The van der Waals surface area contributed by atoms with Crippen molar-refractivity contribution in [1.82, 2.24) is 9.47 Å². The van der Waals surface area contributed by atoms with Crippen molar-refractivity contribution in [3.05, 3.63) is 95.8 Å². The molecule has 0 radical (unpaired) electrons. The van der Waals surface area contributed by atoms with Crippen molar-refractivity contribution in [2.45, 2.75) is 37.0 Å². The third kappa shape index (κ3) is 3.61. The Morgan fingerprint density at radius 1 is 0.969 bits per heavy atom. The first kappa shape index (κ1) is 22.5. The molecule has 4 rings (SSSR count). The Kier molecular flexibility index (Phi) is 6.35. The van der Waals surface area contributed by atoms with E-state index in [1.165, 1.54) is 11.8 Å². The third-order valence-corrected chi connectivity index (χ3v) is 7.25. The molecular formula is C26H30N2O3S. The number of hydrogen-bond acceptors (Lipinski definition) is 4. The summed E-state index contributed by atoms with van der Waals surface area (Å²) in [6, 6.07) is 23.3. The maximum absolute atomic E-state index is 13.6. The molecule has 2 aromatic carbocycles. The fourth-order valence-corrected chi connectivity index (χ4v) is 5.77. The van der Waals surface area contributed by atoms with Gasteiger partial charge in [0.05, 0.1) is 6.04 Å². The summed E-state index contributed by atoms with van der Waals surface area (Å²) in [5.41, 5.74) is 1.63. The molecule has 1 fully saturated rings. The molecule has 3 aromatic rings. The van der Waals surface area contributed by atoms with Gasteiger partial charge in [-0.2, -0.15) is 0 Å². The van der Waals surface area contributed by atoms with Crippen LogP contribution in [0.15, 0.2) is 79.0 Å². The lowest BCUT2D eigenvalue weighted by Gasteiger charge is -2.41. The molecule has 1 amide bonds. The van der Waals surface area contributed by atoms with Crippen LogP contribution in [0.1, 0.15) is 36.8 Å². The van der Waals surface area contributed by atoms with Gasteiger partial charge in [0.2, 0.25) is 0 Å². The largest absolute Gasteiger partial charge is 0.431 e. The zero-order chi connectivity index (χ0) is 22.9. The van der Waals surface area contributed by atoms with E-state index in [0.717, 1.165) is 16.8 Å². The summed E-state index contributed by atoms with van der Waals surface area (Å²) in [7, 11) is 1.90. The highest BCUT2D eigenvalue weighted by molar-refractivity contribution is 7.99. The Morgan fingerprint density at radius 3 is 1.97 bits per heavy atom. The second-order valence-corrected chi connectivity index (χ2v) is 9.50. The zero-order valence-electron chi connectivity index (χ0n) is 18.9. The molecule has 1 N–H and O–H groups in total. The fraction of sp³-hybridized carbons (Fsp3) is 0.346. The van der Waals surface area contributed by atoms with Crippen LogP contribution < -0.4 is 0 Å². The van der Waals surface area contributed by atoms with Gasteiger partial charge in [0.1, 0.15) is 11.5 Å². The van der Waals surface area contributed by atoms with Crippen molar-refractivity contribution in [2.75, 3.05) is 6.26 Å². The van der Waals surface area contributed by atoms with Gasteiger partial charge in [-0.05, 0) is 24.3 Å². The lowest BCUT2D eigenvalue weighted by atomic mass is 9.75. The number of aryl methyl sites for hydroxylation is 1. The number of aliphatic hydroxyl groups is 1. The van der Waals surface area contributed by atoms with Gasteiger partial charge in [0.15, 0.2) is 5.60 Å². The molecule has 1 aromatic heterocycles. The number of cyclic esters (lactones) is 1. The molecule has 1 aliphatic heterocycles. The van der Waals surface area contributed by atoms with E-state index in [-0.39, 0.29) is 12.0 Å². The molecule has 3 atom stereocenters. The van der Waals surface area contributed by atoms with Crippen molar-refractivity contribution in [1.29, 1.82) is 0 Å². The van der Waals surface area contributed by atoms with E-state index in [2.05, 4.69) is 13.8 Å². The Hall–Kier alpha value is -2.70. The number of aromatic nitrogens is 1. The average molecular weight is 451 g/mol. The van der Waals surface area contributed by atoms with Gasteiger partial charge in [-0.15, -0.1) is 11.8 Å². The van der Waals surface area contributed by atoms with E-state index in [0.29, 0.717) is 0 Å². The lowest BCUT2D eigenvalue weighted by molar-refractivity contribution is 0.0471. The predicted molar refractivity (Wildman–Crippen MR) is 128 cm³/mol. The molecule has 32 heavy (non-hydrogen) atoms. The summed E-state index contributed by atoms with van der Waals surface area (Å²) in [6.45, 7) is 4.21. The van der Waals surface area contributed by atoms with Crippen LogP contribution in [0.25, 0.3) is 0 Å². The van der Waals surface area contributed by atoms with E-state index in [1.54, 1.807) is 4.90 Å². The first-order valence-electron chi connectivity index (χ1n) is 10.9. The summed E-state index contributed by atoms with van der Waals surface area (Å²) in [4.78, 5) is 15.3. The summed E-state index contributed by atoms with van der Waals surface area (Å²) >= 11 is 1.46. The Bertz CT molecular complexity index is 1010. The maximum atomic E-state index is 13.6. The van der Waals surface area contributed by atoms with Crippen LogP contribution in [0, 0.1) is 5.92 Å². The minimum atomic E-state index is -0.977. The number of carbonyl (C=O) groups is 1. The molecule has 6 heteroatoms. The zero-order valence-corrected chi connectivity index (χ0v) is 19.7. The number of hydrogen-bond donors (Lipinski definition) is 1. The Morgan fingerprint density at radius 2 is 1.53 bits per heavy atom. The summed E-state index contributed by atoms with van der Waals surface area (Å²) in [5, 5.41) is 10.8. The smallest absolute Gasteiger partial charge is 0.412 e. The number of nitrogens with zero attached hydrogens (tertiary/aromatic N) is 2. The van der Waals surface area contributed by atoms with E-state index < -0.39 is 23.2 Å². The molecule has 0 bridgehead atoms. The highest BCUT2D eigenvalue weighted by Gasteiger charge is 2.59. The molecule has 0 aliphatic carbocycles. The summed E-state index contributed by atoms with van der Waals surface area (Å²) in [6.07, 6.45) is 2.55. The van der Waals surface area contributed by atoms with Crippen LogP contribution in [-0.4, -0.2) is 38.3 Å². The highest BCUT2D eigenvalue weighted by Crippen LogP contribution is 2.50. The molecule has 0 saturated carbocycles. The minimum absolute atomic E-state index is 0.0668. The van der Waals surface area contributed by atoms with E-state index in [1.807, 2.05) is 96.9 Å². The van der Waals surface area contributed by atoms with Crippen LogP contribution in [0.4, 0.5) is 4.79 Å². The first-order valence-corrected chi connectivity index (χ1v) is 12.1. The van der Waals surface area contributed by atoms with Crippen LogP contribution in [0.5, 0.6) is 0 Å². The highest BCUT2D eigenvalue weighted by atomic mass is 32.2. The number of aliphatic hydroxyl groups excluding tert-OH is 1. The van der Waals surface area contributed by atoms with Gasteiger partial charge in [-0.1, -0.05) is 74.5 Å². The number of benzene rings is 2. The van der Waals surface area contributed by atoms with Gasteiger partial charge in [-0.25, -0.2) is 4.79 Å². The molecule has 2 heterocycles. The van der Waals surface area contributed by atoms with Crippen molar-refractivity contribution >= 4 is 17.9 Å². The number of carbonyl (C=O) groups excluding carboxylic acids is 1. The predicted octanol–water partition coefficient (Wildman–Crippen LogP) is 5.17. The van der Waals surface area contributed by atoms with Crippen molar-refractivity contribution in [3.8, 4) is 0 Å².